The van der Waals surface area contributed by atoms with Gasteiger partial charge in [-0.2, -0.15) is 9.48 Å². The molecule has 9 heteroatoms. The lowest BCUT2D eigenvalue weighted by Gasteiger charge is -2.26. The second kappa shape index (κ2) is 7.84. The molecule has 0 saturated heterocycles. The van der Waals surface area contributed by atoms with E-state index in [2.05, 4.69) is 9.98 Å². The first-order valence-corrected chi connectivity index (χ1v) is 10.7. The number of hydrogen-bond donors (Lipinski definition) is 0. The van der Waals surface area contributed by atoms with E-state index >= 15 is 0 Å². The van der Waals surface area contributed by atoms with Crippen LogP contribution in [0.1, 0.15) is 15.2 Å². The largest absolute Gasteiger partial charge is 0.445 e. The third-order valence-corrected chi connectivity index (χ3v) is 6.52. The van der Waals surface area contributed by atoms with Gasteiger partial charge in [-0.15, -0.1) is 23.1 Å². The van der Waals surface area contributed by atoms with Crippen molar-refractivity contribution in [3.63, 3.8) is 0 Å². The van der Waals surface area contributed by atoms with Crippen LogP contribution in [0.15, 0.2) is 57.8 Å². The number of hydrogen-bond acceptors (Lipinski definition) is 7. The molecule has 0 N–H and O–H groups in total. The summed E-state index contributed by atoms with van der Waals surface area (Å²) in [5, 5.41) is 2.38. The molecule has 1 atom stereocenters. The van der Waals surface area contributed by atoms with Crippen molar-refractivity contribution in [3.05, 3.63) is 58.3 Å². The van der Waals surface area contributed by atoms with Crippen LogP contribution in [0.3, 0.4) is 0 Å². The molecule has 0 fully saturated rings. The van der Waals surface area contributed by atoms with Crippen LogP contribution in [0.4, 0.5) is 4.79 Å². The van der Waals surface area contributed by atoms with Crippen LogP contribution in [0.5, 0.6) is 0 Å². The number of thiophene rings is 1. The van der Waals surface area contributed by atoms with Gasteiger partial charge in [-0.25, -0.2) is 9.79 Å². The van der Waals surface area contributed by atoms with Crippen LogP contribution in [0, 0.1) is 5.92 Å². The second-order valence-electron chi connectivity index (χ2n) is 6.47. The smallest absolute Gasteiger partial charge is 0.293 e. The number of rotatable bonds is 4. The Kier molecular flexibility index (Phi) is 5.25. The number of imide groups is 1. The number of benzene rings is 1. The molecular weight excluding hydrogens is 408 g/mol. The van der Waals surface area contributed by atoms with Gasteiger partial charge in [0.2, 0.25) is 5.84 Å². The molecule has 1 aromatic carbocycles. The van der Waals surface area contributed by atoms with Crippen molar-refractivity contribution in [1.82, 2.24) is 4.90 Å². The van der Waals surface area contributed by atoms with Crippen molar-refractivity contribution in [2.45, 2.75) is 0 Å². The molecule has 0 spiro atoms. The monoisotopic (exact) mass is 425 g/mol. The molecule has 0 bridgehead atoms. The number of Topliss-reactive ketones (excluding diaryl/α,β-unsaturated/α-hetero) is 1. The van der Waals surface area contributed by atoms with E-state index in [-0.39, 0.29) is 11.5 Å². The van der Waals surface area contributed by atoms with Crippen molar-refractivity contribution in [3.8, 4) is 0 Å². The number of thioether (sulfide) groups is 1. The highest BCUT2D eigenvalue weighted by molar-refractivity contribution is 8.14. The zero-order valence-electron chi connectivity index (χ0n) is 15.7. The van der Waals surface area contributed by atoms with E-state index < -0.39 is 17.9 Å². The van der Waals surface area contributed by atoms with Gasteiger partial charge in [-0.3, -0.25) is 9.59 Å². The van der Waals surface area contributed by atoms with Crippen molar-refractivity contribution in [2.75, 3.05) is 19.8 Å². The molecule has 0 saturated carbocycles. The van der Waals surface area contributed by atoms with Crippen LogP contribution in [-0.2, 0) is 4.79 Å². The van der Waals surface area contributed by atoms with E-state index in [4.69, 9.17) is 0 Å². The van der Waals surface area contributed by atoms with Crippen molar-refractivity contribution in [2.24, 2.45) is 15.9 Å². The fourth-order valence-electron chi connectivity index (χ4n) is 3.05. The number of fused-ring (bicyclic) bond motifs is 1. The SMILES string of the molecule is CN1C(=O)C2C(SCC(=O)c3ccccc3)=NC(c3cccs3)=NC2=[N+](C)C1=O. The minimum absolute atomic E-state index is 0.0546. The van der Waals surface area contributed by atoms with Crippen LogP contribution in [-0.4, -0.2) is 63.8 Å². The average Bonchev–Trinajstić information content (AvgIpc) is 3.29. The standard InChI is InChI=1S/C20H17N4O3S2/c1-23-17-15(19(26)24(2)20(23)27)18(22-16(21-17)14-9-6-10-28-14)29-11-13(25)12-7-4-3-5-8-12/h3-10,15H,11H2,1-2H3/q+1. The predicted molar refractivity (Wildman–Crippen MR) is 114 cm³/mol. The lowest BCUT2D eigenvalue weighted by molar-refractivity contribution is -0.407. The van der Waals surface area contributed by atoms with Gasteiger partial charge >= 0.3 is 11.9 Å². The summed E-state index contributed by atoms with van der Waals surface area (Å²) in [6.45, 7) is 0. The normalized spacial score (nSPS) is 19.1. The van der Waals surface area contributed by atoms with Crippen molar-refractivity contribution < 1.29 is 19.0 Å². The molecule has 2 aromatic rings. The third kappa shape index (κ3) is 3.58. The highest BCUT2D eigenvalue weighted by Crippen LogP contribution is 2.27. The first-order chi connectivity index (χ1) is 14.0. The fraction of sp³-hybridized carbons (Fsp3) is 0.200. The number of nitrogens with zero attached hydrogens (tertiary/aromatic N) is 4. The van der Waals surface area contributed by atoms with Gasteiger partial charge < -0.3 is 0 Å². The first kappa shape index (κ1) is 19.4. The number of carbonyl (C=O) groups excluding carboxylic acids is 3. The van der Waals surface area contributed by atoms with Gasteiger partial charge in [0.05, 0.1) is 24.7 Å². The molecule has 3 amide bonds. The Labute approximate surface area is 175 Å². The molecule has 2 aliphatic heterocycles. The zero-order chi connectivity index (χ0) is 20.5. The number of aliphatic imine (C=N–C) groups is 2. The fourth-order valence-corrected chi connectivity index (χ4v) is 4.68. The van der Waals surface area contributed by atoms with E-state index in [1.165, 1.54) is 34.7 Å². The number of amidine groups is 2. The summed E-state index contributed by atoms with van der Waals surface area (Å²) in [5.41, 5.74) is 0.604. The van der Waals surface area contributed by atoms with Gasteiger partial charge in [0, 0.05) is 5.56 Å². The van der Waals surface area contributed by atoms with E-state index in [1.807, 2.05) is 35.7 Å². The summed E-state index contributed by atoms with van der Waals surface area (Å²) < 4.78 is 1.37. The molecule has 1 aromatic heterocycles. The number of carbonyl (C=O) groups is 3. The lowest BCUT2D eigenvalue weighted by Crippen LogP contribution is -2.54. The summed E-state index contributed by atoms with van der Waals surface area (Å²) in [5.74, 6) is -0.320. The van der Waals surface area contributed by atoms with Gasteiger partial charge in [0.15, 0.2) is 11.7 Å². The molecule has 1 unspecified atom stereocenters. The van der Waals surface area contributed by atoms with Crippen LogP contribution in [0.25, 0.3) is 0 Å². The summed E-state index contributed by atoms with van der Waals surface area (Å²) in [7, 11) is 3.03. The minimum atomic E-state index is -0.792. The maximum Gasteiger partial charge on any atom is 0.445 e. The van der Waals surface area contributed by atoms with E-state index in [0.29, 0.717) is 22.3 Å². The number of amides is 3. The van der Waals surface area contributed by atoms with Gasteiger partial charge in [0.25, 0.3) is 5.84 Å². The highest BCUT2D eigenvalue weighted by atomic mass is 32.2. The molecule has 0 radical (unpaired) electrons. The highest BCUT2D eigenvalue weighted by Gasteiger charge is 2.49. The molecule has 146 valence electrons. The summed E-state index contributed by atoms with van der Waals surface area (Å²) >= 11 is 2.68. The molecule has 29 heavy (non-hydrogen) atoms. The van der Waals surface area contributed by atoms with Gasteiger partial charge in [-0.05, 0) is 11.4 Å². The van der Waals surface area contributed by atoms with Crippen molar-refractivity contribution in [1.29, 1.82) is 0 Å². The van der Waals surface area contributed by atoms with Crippen LogP contribution < -0.4 is 0 Å². The van der Waals surface area contributed by atoms with Crippen molar-refractivity contribution >= 4 is 57.5 Å². The van der Waals surface area contributed by atoms with Gasteiger partial charge in [-0.1, -0.05) is 41.4 Å². The molecule has 3 heterocycles. The summed E-state index contributed by atoms with van der Waals surface area (Å²) in [6, 6.07) is 12.3. The third-order valence-electron chi connectivity index (χ3n) is 4.63. The van der Waals surface area contributed by atoms with Crippen LogP contribution in [0.2, 0.25) is 0 Å². The topological polar surface area (TPSA) is 82.2 Å². The first-order valence-electron chi connectivity index (χ1n) is 8.81. The molecule has 4 rings (SSSR count). The number of ketones is 1. The average molecular weight is 426 g/mol. The quantitative estimate of drug-likeness (QED) is 0.557. The van der Waals surface area contributed by atoms with E-state index in [9.17, 15) is 14.4 Å². The Balaban J connectivity index is 1.70. The van der Waals surface area contributed by atoms with Gasteiger partial charge in [0.1, 0.15) is 5.04 Å². The lowest BCUT2D eigenvalue weighted by atomic mass is 10.0. The molecule has 0 aliphatic carbocycles. The predicted octanol–water partition coefficient (Wildman–Crippen LogP) is 2.77. The maximum absolute atomic E-state index is 12.8. The van der Waals surface area contributed by atoms with E-state index in [1.54, 1.807) is 19.2 Å². The Morgan fingerprint density at radius 1 is 1.17 bits per heavy atom. The van der Waals surface area contributed by atoms with Crippen LogP contribution >= 0.6 is 23.1 Å². The Morgan fingerprint density at radius 3 is 2.62 bits per heavy atom. The van der Waals surface area contributed by atoms with E-state index in [0.717, 1.165) is 9.78 Å². The zero-order valence-corrected chi connectivity index (χ0v) is 17.4. The second-order valence-corrected chi connectivity index (χ2v) is 8.41. The minimum Gasteiger partial charge on any atom is -0.293 e. The molecule has 2 aliphatic rings. The molecular formula is C20H17N4O3S2+. The number of urea groups is 1. The molecule has 7 nitrogen and oxygen atoms in total. The maximum atomic E-state index is 12.8. The summed E-state index contributed by atoms with van der Waals surface area (Å²) in [4.78, 5) is 48.8. The Hall–Kier alpha value is -2.91. The summed E-state index contributed by atoms with van der Waals surface area (Å²) in [6.07, 6.45) is 0. The Morgan fingerprint density at radius 2 is 1.93 bits per heavy atom. The Bertz CT molecular complexity index is 1090.